The van der Waals surface area contributed by atoms with Crippen molar-refractivity contribution in [1.29, 1.82) is 0 Å². The molecule has 0 bridgehead atoms. The first kappa shape index (κ1) is 12.9. The Morgan fingerprint density at radius 1 is 1.24 bits per heavy atom. The Labute approximate surface area is 108 Å². The molecule has 1 saturated heterocycles. The van der Waals surface area contributed by atoms with Crippen molar-refractivity contribution in [1.82, 2.24) is 0 Å². The summed E-state index contributed by atoms with van der Waals surface area (Å²) >= 11 is 5.95. The number of aliphatic hydroxyl groups excluding tert-OH is 1. The molecule has 0 saturated carbocycles. The molecule has 94 valence electrons. The molecule has 1 aromatic carbocycles. The van der Waals surface area contributed by atoms with Crippen molar-refractivity contribution in [2.24, 2.45) is 11.8 Å². The predicted molar refractivity (Wildman–Crippen MR) is 69.1 cm³/mol. The molecule has 0 radical (unpaired) electrons. The monoisotopic (exact) mass is 254 g/mol. The number of rotatable bonds is 2. The molecule has 1 fully saturated rings. The third-order valence-corrected chi connectivity index (χ3v) is 4.11. The van der Waals surface area contributed by atoms with Gasteiger partial charge in [0.25, 0.3) is 0 Å². The van der Waals surface area contributed by atoms with Gasteiger partial charge in [-0.05, 0) is 37.5 Å². The highest BCUT2D eigenvalue weighted by molar-refractivity contribution is 6.30. The van der Waals surface area contributed by atoms with Crippen LogP contribution < -0.4 is 0 Å². The normalized spacial score (nSPS) is 34.9. The van der Waals surface area contributed by atoms with Crippen molar-refractivity contribution >= 4 is 11.6 Å². The van der Waals surface area contributed by atoms with Crippen LogP contribution in [0.2, 0.25) is 5.02 Å². The molecular formula is C14H19ClO2. The van der Waals surface area contributed by atoms with Gasteiger partial charge >= 0.3 is 0 Å². The van der Waals surface area contributed by atoms with Crippen LogP contribution in [0.5, 0.6) is 0 Å². The Morgan fingerprint density at radius 2 is 1.94 bits per heavy atom. The van der Waals surface area contributed by atoms with Gasteiger partial charge in [-0.25, -0.2) is 0 Å². The summed E-state index contributed by atoms with van der Waals surface area (Å²) in [5.74, 6) is 0.474. The molecule has 17 heavy (non-hydrogen) atoms. The Balaban J connectivity index is 2.22. The van der Waals surface area contributed by atoms with Crippen LogP contribution in [0.15, 0.2) is 24.3 Å². The van der Waals surface area contributed by atoms with Gasteiger partial charge in [0.15, 0.2) is 0 Å². The van der Waals surface area contributed by atoms with Crippen molar-refractivity contribution in [3.8, 4) is 0 Å². The van der Waals surface area contributed by atoms with E-state index in [1.165, 1.54) is 0 Å². The fourth-order valence-corrected chi connectivity index (χ4v) is 2.95. The summed E-state index contributed by atoms with van der Waals surface area (Å²) in [6.07, 6.45) is -0.235. The van der Waals surface area contributed by atoms with E-state index < -0.39 is 6.10 Å². The van der Waals surface area contributed by atoms with Gasteiger partial charge in [-0.15, -0.1) is 0 Å². The lowest BCUT2D eigenvalue weighted by molar-refractivity contribution is 0.0231. The van der Waals surface area contributed by atoms with Crippen LogP contribution in [0.4, 0.5) is 0 Å². The lowest BCUT2D eigenvalue weighted by Crippen LogP contribution is -2.24. The zero-order chi connectivity index (χ0) is 12.6. The standard InChI is InChI=1S/C14H19ClO2/c1-8-9(2)17-10(3)13(8)14(16)11-5-4-6-12(15)7-11/h4-10,13-14,16H,1-3H3. The third kappa shape index (κ3) is 2.49. The van der Waals surface area contributed by atoms with Crippen molar-refractivity contribution in [3.05, 3.63) is 34.9 Å². The maximum atomic E-state index is 10.5. The summed E-state index contributed by atoms with van der Waals surface area (Å²) < 4.78 is 5.77. The van der Waals surface area contributed by atoms with E-state index in [0.29, 0.717) is 10.9 Å². The smallest absolute Gasteiger partial charge is 0.0846 e. The molecule has 2 rings (SSSR count). The lowest BCUT2D eigenvalue weighted by atomic mass is 9.82. The maximum Gasteiger partial charge on any atom is 0.0846 e. The molecule has 0 aliphatic carbocycles. The molecule has 1 aliphatic rings. The van der Waals surface area contributed by atoms with Gasteiger partial charge in [0, 0.05) is 10.9 Å². The van der Waals surface area contributed by atoms with E-state index in [1.54, 1.807) is 0 Å². The largest absolute Gasteiger partial charge is 0.388 e. The van der Waals surface area contributed by atoms with E-state index in [-0.39, 0.29) is 18.1 Å². The number of hydrogen-bond acceptors (Lipinski definition) is 2. The summed E-state index contributed by atoms with van der Waals surface area (Å²) in [7, 11) is 0. The van der Waals surface area contributed by atoms with E-state index >= 15 is 0 Å². The molecule has 0 aromatic heterocycles. The average Bonchev–Trinajstić information content (AvgIpc) is 2.52. The highest BCUT2D eigenvalue weighted by atomic mass is 35.5. The van der Waals surface area contributed by atoms with Crippen molar-refractivity contribution in [3.63, 3.8) is 0 Å². The summed E-state index contributed by atoms with van der Waals surface area (Å²) in [5, 5.41) is 11.1. The molecule has 1 aliphatic heterocycles. The number of halogens is 1. The second kappa shape index (κ2) is 4.97. The molecule has 1 N–H and O–H groups in total. The van der Waals surface area contributed by atoms with E-state index in [1.807, 2.05) is 31.2 Å². The van der Waals surface area contributed by atoms with E-state index in [4.69, 9.17) is 16.3 Å². The second-order valence-corrected chi connectivity index (χ2v) is 5.42. The number of ether oxygens (including phenoxy) is 1. The molecule has 0 amide bonds. The average molecular weight is 255 g/mol. The van der Waals surface area contributed by atoms with Crippen LogP contribution in [-0.2, 0) is 4.74 Å². The van der Waals surface area contributed by atoms with Crippen molar-refractivity contribution in [2.45, 2.75) is 39.1 Å². The summed E-state index contributed by atoms with van der Waals surface area (Å²) in [4.78, 5) is 0. The molecule has 5 unspecified atom stereocenters. The van der Waals surface area contributed by atoms with Gasteiger partial charge < -0.3 is 9.84 Å². The maximum absolute atomic E-state index is 10.5. The predicted octanol–water partition coefficient (Wildman–Crippen LogP) is 3.43. The van der Waals surface area contributed by atoms with Gasteiger partial charge in [-0.1, -0.05) is 30.7 Å². The minimum absolute atomic E-state index is 0.0778. The molecule has 1 heterocycles. The van der Waals surface area contributed by atoms with Crippen LogP contribution in [0.25, 0.3) is 0 Å². The van der Waals surface area contributed by atoms with Crippen LogP contribution in [0.1, 0.15) is 32.4 Å². The van der Waals surface area contributed by atoms with E-state index in [9.17, 15) is 5.11 Å². The molecule has 2 nitrogen and oxygen atoms in total. The number of hydrogen-bond donors (Lipinski definition) is 1. The Kier molecular flexibility index (Phi) is 3.76. The van der Waals surface area contributed by atoms with Gasteiger partial charge in [0.2, 0.25) is 0 Å². The van der Waals surface area contributed by atoms with Crippen LogP contribution in [0.3, 0.4) is 0 Å². The zero-order valence-electron chi connectivity index (χ0n) is 10.4. The first-order valence-corrected chi connectivity index (χ1v) is 6.47. The summed E-state index contributed by atoms with van der Waals surface area (Å²) in [5.41, 5.74) is 0.874. The Morgan fingerprint density at radius 3 is 2.47 bits per heavy atom. The van der Waals surface area contributed by atoms with Gasteiger partial charge in [0.1, 0.15) is 0 Å². The van der Waals surface area contributed by atoms with Gasteiger partial charge in [-0.2, -0.15) is 0 Å². The second-order valence-electron chi connectivity index (χ2n) is 4.98. The van der Waals surface area contributed by atoms with E-state index in [0.717, 1.165) is 5.56 Å². The zero-order valence-corrected chi connectivity index (χ0v) is 11.2. The third-order valence-electron chi connectivity index (χ3n) is 3.87. The number of benzene rings is 1. The Bertz CT molecular complexity index is 394. The van der Waals surface area contributed by atoms with Crippen LogP contribution in [-0.4, -0.2) is 17.3 Å². The number of aliphatic hydroxyl groups is 1. The highest BCUT2D eigenvalue weighted by Gasteiger charge is 2.41. The van der Waals surface area contributed by atoms with E-state index in [2.05, 4.69) is 13.8 Å². The fourth-order valence-electron chi connectivity index (χ4n) is 2.75. The highest BCUT2D eigenvalue weighted by Crippen LogP contribution is 2.40. The topological polar surface area (TPSA) is 29.5 Å². The fraction of sp³-hybridized carbons (Fsp3) is 0.571. The van der Waals surface area contributed by atoms with Crippen molar-refractivity contribution in [2.75, 3.05) is 0 Å². The molecular weight excluding hydrogens is 236 g/mol. The molecule has 1 aromatic rings. The minimum atomic E-state index is -0.511. The first-order chi connectivity index (χ1) is 8.00. The summed E-state index contributed by atoms with van der Waals surface area (Å²) in [6.45, 7) is 6.22. The molecule has 5 atom stereocenters. The van der Waals surface area contributed by atoms with Gasteiger partial charge in [-0.3, -0.25) is 0 Å². The minimum Gasteiger partial charge on any atom is -0.388 e. The quantitative estimate of drug-likeness (QED) is 0.876. The van der Waals surface area contributed by atoms with Gasteiger partial charge in [0.05, 0.1) is 18.3 Å². The molecule has 0 spiro atoms. The molecule has 3 heteroatoms. The van der Waals surface area contributed by atoms with Crippen molar-refractivity contribution < 1.29 is 9.84 Å². The Hall–Kier alpha value is -0.570. The first-order valence-electron chi connectivity index (χ1n) is 6.09. The van der Waals surface area contributed by atoms with Crippen LogP contribution in [0, 0.1) is 11.8 Å². The SMILES string of the molecule is CC1OC(C)C(C(O)c2cccc(Cl)c2)C1C. The van der Waals surface area contributed by atoms with Crippen LogP contribution >= 0.6 is 11.6 Å². The summed E-state index contributed by atoms with van der Waals surface area (Å²) in [6, 6.07) is 7.43. The lowest BCUT2D eigenvalue weighted by Gasteiger charge is -2.25.